The molecular formula is C21H31N5O. The van der Waals surface area contributed by atoms with Gasteiger partial charge in [-0.15, -0.1) is 0 Å². The predicted molar refractivity (Wildman–Crippen MR) is 107 cm³/mol. The summed E-state index contributed by atoms with van der Waals surface area (Å²) in [7, 11) is 3.94. The Kier molecular flexibility index (Phi) is 6.29. The van der Waals surface area contributed by atoms with Crippen molar-refractivity contribution in [2.45, 2.75) is 25.9 Å². The van der Waals surface area contributed by atoms with E-state index in [2.05, 4.69) is 45.3 Å². The number of piperazine rings is 1. The fraction of sp³-hybridized carbons (Fsp3) is 0.524. The van der Waals surface area contributed by atoms with Crippen molar-refractivity contribution in [2.75, 3.05) is 39.8 Å². The van der Waals surface area contributed by atoms with E-state index in [9.17, 15) is 4.79 Å². The topological polar surface area (TPSA) is 44.6 Å². The summed E-state index contributed by atoms with van der Waals surface area (Å²) >= 11 is 0. The van der Waals surface area contributed by atoms with Crippen molar-refractivity contribution >= 4 is 5.91 Å². The maximum absolute atomic E-state index is 12.9. The van der Waals surface area contributed by atoms with Crippen LogP contribution in [0.4, 0.5) is 0 Å². The number of hydrogen-bond acceptors (Lipinski definition) is 4. The lowest BCUT2D eigenvalue weighted by molar-refractivity contribution is -0.133. The molecule has 1 aliphatic heterocycles. The van der Waals surface area contributed by atoms with Gasteiger partial charge in [-0.2, -0.15) is 0 Å². The second-order valence-corrected chi connectivity index (χ2v) is 7.37. The van der Waals surface area contributed by atoms with Crippen molar-refractivity contribution in [1.29, 1.82) is 0 Å². The third-order valence-electron chi connectivity index (χ3n) is 5.75. The number of aryl methyl sites for hydroxylation is 1. The fourth-order valence-electron chi connectivity index (χ4n) is 3.82. The molecule has 6 nitrogen and oxygen atoms in total. The Morgan fingerprint density at radius 1 is 1.30 bits per heavy atom. The molecular weight excluding hydrogens is 338 g/mol. The van der Waals surface area contributed by atoms with E-state index in [0.29, 0.717) is 6.54 Å². The van der Waals surface area contributed by atoms with E-state index in [4.69, 9.17) is 0 Å². The summed E-state index contributed by atoms with van der Waals surface area (Å²) < 4.78 is 2.09. The second kappa shape index (κ2) is 8.67. The Hall–Kier alpha value is -2.18. The van der Waals surface area contributed by atoms with Crippen molar-refractivity contribution < 1.29 is 4.79 Å². The molecule has 0 saturated carbocycles. The Morgan fingerprint density at radius 3 is 2.67 bits per heavy atom. The van der Waals surface area contributed by atoms with Gasteiger partial charge < -0.3 is 9.47 Å². The maximum atomic E-state index is 12.9. The standard InChI is InChI=1S/C21H31N5O/c1-5-26-14-13-25(15-19(26)21-22-11-12-23(21)3)16-20(27)24(4)17(2)18-9-7-6-8-10-18/h6-12,17,19H,5,13-16H2,1-4H3. The SMILES string of the molecule is CCN1CCN(CC(=O)N(C)C(C)c2ccccc2)CC1c1nccn1C. The lowest BCUT2D eigenvalue weighted by Gasteiger charge is -2.41. The van der Waals surface area contributed by atoms with Gasteiger partial charge in [0, 0.05) is 46.1 Å². The molecule has 3 rings (SSSR count). The average Bonchev–Trinajstić information content (AvgIpc) is 3.13. The Balaban J connectivity index is 1.65. The number of likely N-dealkylation sites (N-methyl/N-ethyl adjacent to an activating group) is 2. The number of rotatable bonds is 6. The monoisotopic (exact) mass is 369 g/mol. The minimum atomic E-state index is 0.0703. The molecule has 1 aromatic carbocycles. The minimum Gasteiger partial charge on any atom is -0.338 e. The van der Waals surface area contributed by atoms with Gasteiger partial charge in [-0.3, -0.25) is 14.6 Å². The van der Waals surface area contributed by atoms with E-state index >= 15 is 0 Å². The zero-order valence-electron chi connectivity index (χ0n) is 16.9. The molecule has 146 valence electrons. The van der Waals surface area contributed by atoms with E-state index in [1.165, 1.54) is 0 Å². The highest BCUT2D eigenvalue weighted by Crippen LogP contribution is 2.24. The molecule has 1 aromatic heterocycles. The van der Waals surface area contributed by atoms with E-state index in [0.717, 1.165) is 37.6 Å². The number of carbonyl (C=O) groups is 1. The lowest BCUT2D eigenvalue weighted by atomic mass is 10.1. The molecule has 1 fully saturated rings. The van der Waals surface area contributed by atoms with Gasteiger partial charge in [0.2, 0.25) is 5.91 Å². The molecule has 2 atom stereocenters. The molecule has 1 aliphatic rings. The molecule has 1 saturated heterocycles. The van der Waals surface area contributed by atoms with Gasteiger partial charge >= 0.3 is 0 Å². The number of imidazole rings is 1. The van der Waals surface area contributed by atoms with Crippen LogP contribution in [0.1, 0.15) is 37.3 Å². The molecule has 1 amide bonds. The summed E-state index contributed by atoms with van der Waals surface area (Å²) in [4.78, 5) is 24.0. The van der Waals surface area contributed by atoms with Gasteiger partial charge in [-0.05, 0) is 19.0 Å². The number of amides is 1. The molecule has 0 bridgehead atoms. The van der Waals surface area contributed by atoms with E-state index < -0.39 is 0 Å². The van der Waals surface area contributed by atoms with E-state index in [-0.39, 0.29) is 18.0 Å². The molecule has 0 spiro atoms. The van der Waals surface area contributed by atoms with Gasteiger partial charge in [0.1, 0.15) is 5.82 Å². The Morgan fingerprint density at radius 2 is 2.04 bits per heavy atom. The number of hydrogen-bond donors (Lipinski definition) is 0. The van der Waals surface area contributed by atoms with Crippen LogP contribution in [-0.4, -0.2) is 69.9 Å². The van der Waals surface area contributed by atoms with Gasteiger partial charge in [0.05, 0.1) is 18.6 Å². The summed E-state index contributed by atoms with van der Waals surface area (Å²) in [6, 6.07) is 10.5. The Bertz CT molecular complexity index is 744. The van der Waals surface area contributed by atoms with Gasteiger partial charge in [0.15, 0.2) is 0 Å². The Labute approximate surface area is 162 Å². The average molecular weight is 370 g/mol. The molecule has 6 heteroatoms. The van der Waals surface area contributed by atoms with Crippen molar-refractivity contribution in [2.24, 2.45) is 7.05 Å². The quantitative estimate of drug-likeness (QED) is 0.784. The molecule has 2 heterocycles. The highest BCUT2D eigenvalue weighted by atomic mass is 16.2. The van der Waals surface area contributed by atoms with Crippen LogP contribution in [0.5, 0.6) is 0 Å². The van der Waals surface area contributed by atoms with Crippen LogP contribution >= 0.6 is 0 Å². The predicted octanol–water partition coefficient (Wildman–Crippen LogP) is 2.32. The molecule has 0 aliphatic carbocycles. The van der Waals surface area contributed by atoms with Crippen LogP contribution in [0.2, 0.25) is 0 Å². The smallest absolute Gasteiger partial charge is 0.236 e. The second-order valence-electron chi connectivity index (χ2n) is 7.37. The number of benzene rings is 1. The third-order valence-corrected chi connectivity index (χ3v) is 5.75. The van der Waals surface area contributed by atoms with E-state index in [1.54, 1.807) is 0 Å². The normalized spacial score (nSPS) is 19.8. The van der Waals surface area contributed by atoms with Crippen molar-refractivity contribution in [3.63, 3.8) is 0 Å². The summed E-state index contributed by atoms with van der Waals surface area (Å²) in [6.07, 6.45) is 3.84. The first-order chi connectivity index (χ1) is 13.0. The minimum absolute atomic E-state index is 0.0703. The van der Waals surface area contributed by atoms with Crippen molar-refractivity contribution in [3.8, 4) is 0 Å². The van der Waals surface area contributed by atoms with Crippen LogP contribution in [0.25, 0.3) is 0 Å². The highest BCUT2D eigenvalue weighted by molar-refractivity contribution is 5.78. The van der Waals surface area contributed by atoms with Gasteiger partial charge in [-0.1, -0.05) is 37.3 Å². The van der Waals surface area contributed by atoms with Crippen LogP contribution in [0.3, 0.4) is 0 Å². The van der Waals surface area contributed by atoms with Gasteiger partial charge in [0.25, 0.3) is 0 Å². The van der Waals surface area contributed by atoms with Crippen LogP contribution in [-0.2, 0) is 11.8 Å². The molecule has 2 unspecified atom stereocenters. The lowest BCUT2D eigenvalue weighted by Crippen LogP contribution is -2.51. The molecule has 27 heavy (non-hydrogen) atoms. The number of carbonyl (C=O) groups excluding carboxylic acids is 1. The van der Waals surface area contributed by atoms with Crippen LogP contribution in [0, 0.1) is 0 Å². The summed E-state index contributed by atoms with van der Waals surface area (Å²) in [6.45, 7) is 8.41. The number of aromatic nitrogens is 2. The summed E-state index contributed by atoms with van der Waals surface area (Å²) in [5.74, 6) is 1.23. The zero-order chi connectivity index (χ0) is 19.4. The summed E-state index contributed by atoms with van der Waals surface area (Å²) in [5.41, 5.74) is 1.16. The largest absolute Gasteiger partial charge is 0.338 e. The third kappa shape index (κ3) is 4.39. The summed E-state index contributed by atoms with van der Waals surface area (Å²) in [5, 5.41) is 0. The van der Waals surface area contributed by atoms with Gasteiger partial charge in [-0.25, -0.2) is 4.98 Å². The zero-order valence-corrected chi connectivity index (χ0v) is 16.9. The fourth-order valence-corrected chi connectivity index (χ4v) is 3.82. The number of nitrogens with zero attached hydrogens (tertiary/aromatic N) is 5. The molecule has 2 aromatic rings. The first kappa shape index (κ1) is 19.6. The molecule has 0 N–H and O–H groups in total. The van der Waals surface area contributed by atoms with E-state index in [1.807, 2.05) is 49.6 Å². The maximum Gasteiger partial charge on any atom is 0.236 e. The van der Waals surface area contributed by atoms with Crippen LogP contribution in [0.15, 0.2) is 42.7 Å². The molecule has 0 radical (unpaired) electrons. The van der Waals surface area contributed by atoms with Crippen molar-refractivity contribution in [3.05, 3.63) is 54.1 Å². The van der Waals surface area contributed by atoms with Crippen LogP contribution < -0.4 is 0 Å². The first-order valence-electron chi connectivity index (χ1n) is 9.75. The first-order valence-corrected chi connectivity index (χ1v) is 9.75. The van der Waals surface area contributed by atoms with Crippen molar-refractivity contribution in [1.82, 2.24) is 24.3 Å². The highest BCUT2D eigenvalue weighted by Gasteiger charge is 2.31.